The highest BCUT2D eigenvalue weighted by atomic mass is 16.5. The molecule has 0 aliphatic heterocycles. The van der Waals surface area contributed by atoms with Gasteiger partial charge in [-0.25, -0.2) is 4.79 Å². The Morgan fingerprint density at radius 3 is 2.22 bits per heavy atom. The van der Waals surface area contributed by atoms with E-state index in [-0.39, 0.29) is 5.97 Å². The fourth-order valence-corrected chi connectivity index (χ4v) is 2.76. The van der Waals surface area contributed by atoms with Crippen molar-refractivity contribution in [3.05, 3.63) is 12.2 Å². The fraction of sp³-hybridized carbons (Fsp3) is 0.812. The van der Waals surface area contributed by atoms with Crippen LogP contribution in [0.15, 0.2) is 12.2 Å². The van der Waals surface area contributed by atoms with E-state index in [0.717, 1.165) is 18.3 Å². The lowest BCUT2D eigenvalue weighted by Crippen LogP contribution is -2.26. The van der Waals surface area contributed by atoms with Crippen molar-refractivity contribution in [3.63, 3.8) is 0 Å². The number of rotatable bonds is 4. The SMILES string of the molecule is C=C(C)C(=O)OCCC1CCC(C(C)(C)C)CC1. The van der Waals surface area contributed by atoms with E-state index in [0.29, 0.717) is 17.6 Å². The predicted octanol–water partition coefficient (Wildman–Crippen LogP) is 4.35. The van der Waals surface area contributed by atoms with Crippen LogP contribution in [0.5, 0.6) is 0 Å². The Bertz CT molecular complexity index is 291. The molecule has 0 aromatic heterocycles. The highest BCUT2D eigenvalue weighted by Gasteiger charge is 2.29. The Morgan fingerprint density at radius 1 is 1.22 bits per heavy atom. The third-order valence-corrected chi connectivity index (χ3v) is 4.18. The first-order valence-corrected chi connectivity index (χ1v) is 7.13. The summed E-state index contributed by atoms with van der Waals surface area (Å²) in [6, 6.07) is 0. The maximum atomic E-state index is 11.2. The summed E-state index contributed by atoms with van der Waals surface area (Å²) in [4.78, 5) is 11.2. The Labute approximate surface area is 112 Å². The van der Waals surface area contributed by atoms with Gasteiger partial charge in [0.05, 0.1) is 6.61 Å². The summed E-state index contributed by atoms with van der Waals surface area (Å²) in [7, 11) is 0. The van der Waals surface area contributed by atoms with E-state index in [1.54, 1.807) is 6.92 Å². The number of carbonyl (C=O) groups is 1. The van der Waals surface area contributed by atoms with Crippen molar-refractivity contribution < 1.29 is 9.53 Å². The molecular weight excluding hydrogens is 224 g/mol. The topological polar surface area (TPSA) is 26.3 Å². The Morgan fingerprint density at radius 2 is 1.78 bits per heavy atom. The molecule has 0 saturated heterocycles. The normalized spacial score (nSPS) is 24.7. The van der Waals surface area contributed by atoms with Crippen molar-refractivity contribution in [2.75, 3.05) is 6.61 Å². The van der Waals surface area contributed by atoms with E-state index in [4.69, 9.17) is 4.74 Å². The summed E-state index contributed by atoms with van der Waals surface area (Å²) in [6.07, 6.45) is 6.22. The second-order valence-electron chi connectivity index (χ2n) is 6.79. The van der Waals surface area contributed by atoms with Crippen LogP contribution < -0.4 is 0 Å². The molecule has 1 rings (SSSR count). The highest BCUT2D eigenvalue weighted by Crippen LogP contribution is 2.40. The van der Waals surface area contributed by atoms with E-state index in [1.807, 2.05) is 0 Å². The van der Waals surface area contributed by atoms with Crippen molar-refractivity contribution >= 4 is 5.97 Å². The largest absolute Gasteiger partial charge is 0.462 e. The molecule has 0 amide bonds. The van der Waals surface area contributed by atoms with Crippen LogP contribution in [-0.2, 0) is 9.53 Å². The van der Waals surface area contributed by atoms with E-state index in [9.17, 15) is 4.79 Å². The number of carbonyl (C=O) groups excluding carboxylic acids is 1. The summed E-state index contributed by atoms with van der Waals surface area (Å²) in [5.41, 5.74) is 0.934. The average Bonchev–Trinajstić information content (AvgIpc) is 2.28. The van der Waals surface area contributed by atoms with Gasteiger partial charge in [-0.3, -0.25) is 0 Å². The molecule has 0 atom stereocenters. The first-order chi connectivity index (χ1) is 8.30. The molecule has 0 heterocycles. The number of hydrogen-bond acceptors (Lipinski definition) is 2. The molecule has 104 valence electrons. The van der Waals surface area contributed by atoms with Gasteiger partial charge in [0.25, 0.3) is 0 Å². The monoisotopic (exact) mass is 252 g/mol. The molecular formula is C16H28O2. The summed E-state index contributed by atoms with van der Waals surface area (Å²) in [6.45, 7) is 12.8. The van der Waals surface area contributed by atoms with Gasteiger partial charge < -0.3 is 4.74 Å². The molecule has 1 aliphatic carbocycles. The summed E-state index contributed by atoms with van der Waals surface area (Å²) >= 11 is 0. The first-order valence-electron chi connectivity index (χ1n) is 7.13. The number of esters is 1. The standard InChI is InChI=1S/C16H28O2/c1-12(2)15(17)18-11-10-13-6-8-14(9-7-13)16(3,4)5/h13-14H,1,6-11H2,2-5H3. The van der Waals surface area contributed by atoms with Crippen LogP contribution in [-0.4, -0.2) is 12.6 Å². The molecule has 0 aromatic rings. The maximum Gasteiger partial charge on any atom is 0.333 e. The molecule has 1 saturated carbocycles. The average molecular weight is 252 g/mol. The van der Waals surface area contributed by atoms with Gasteiger partial charge in [0.15, 0.2) is 0 Å². The molecule has 0 spiro atoms. The van der Waals surface area contributed by atoms with E-state index < -0.39 is 0 Å². The van der Waals surface area contributed by atoms with Gasteiger partial charge in [-0.15, -0.1) is 0 Å². The summed E-state index contributed by atoms with van der Waals surface area (Å²) < 4.78 is 5.16. The van der Waals surface area contributed by atoms with E-state index >= 15 is 0 Å². The first kappa shape index (κ1) is 15.3. The van der Waals surface area contributed by atoms with Gasteiger partial charge in [0, 0.05) is 5.57 Å². The summed E-state index contributed by atoms with van der Waals surface area (Å²) in [5.74, 6) is 1.34. The molecule has 0 bridgehead atoms. The molecule has 18 heavy (non-hydrogen) atoms. The summed E-state index contributed by atoms with van der Waals surface area (Å²) in [5, 5.41) is 0. The van der Waals surface area contributed by atoms with Crippen LogP contribution in [0.25, 0.3) is 0 Å². The minimum atomic E-state index is -0.252. The van der Waals surface area contributed by atoms with E-state index in [1.165, 1.54) is 25.7 Å². The lowest BCUT2D eigenvalue weighted by molar-refractivity contribution is -0.139. The van der Waals surface area contributed by atoms with Crippen LogP contribution >= 0.6 is 0 Å². The molecule has 1 aliphatic rings. The van der Waals surface area contributed by atoms with Crippen molar-refractivity contribution in [2.24, 2.45) is 17.3 Å². The van der Waals surface area contributed by atoms with Crippen LogP contribution in [0.3, 0.4) is 0 Å². The molecule has 0 aromatic carbocycles. The second-order valence-corrected chi connectivity index (χ2v) is 6.79. The third-order valence-electron chi connectivity index (χ3n) is 4.18. The van der Waals surface area contributed by atoms with Crippen LogP contribution in [0.1, 0.15) is 59.8 Å². The zero-order valence-electron chi connectivity index (χ0n) is 12.4. The van der Waals surface area contributed by atoms with Crippen LogP contribution in [0.4, 0.5) is 0 Å². The minimum absolute atomic E-state index is 0.252. The van der Waals surface area contributed by atoms with Crippen LogP contribution in [0.2, 0.25) is 0 Å². The highest BCUT2D eigenvalue weighted by molar-refractivity contribution is 5.86. The number of ether oxygens (including phenoxy) is 1. The maximum absolute atomic E-state index is 11.2. The van der Waals surface area contributed by atoms with Crippen LogP contribution in [0, 0.1) is 17.3 Å². The van der Waals surface area contributed by atoms with Gasteiger partial charge in [0.1, 0.15) is 0 Å². The zero-order chi connectivity index (χ0) is 13.8. The van der Waals surface area contributed by atoms with Crippen molar-refractivity contribution in [1.29, 1.82) is 0 Å². The Kier molecular flexibility index (Phi) is 5.43. The molecule has 0 unspecified atom stereocenters. The molecule has 0 N–H and O–H groups in total. The van der Waals surface area contributed by atoms with Crippen molar-refractivity contribution in [2.45, 2.75) is 59.8 Å². The Balaban J connectivity index is 2.20. The predicted molar refractivity (Wildman–Crippen MR) is 75.3 cm³/mol. The molecule has 2 heteroatoms. The fourth-order valence-electron chi connectivity index (χ4n) is 2.76. The lowest BCUT2D eigenvalue weighted by Gasteiger charge is -2.37. The van der Waals surface area contributed by atoms with Gasteiger partial charge in [-0.1, -0.05) is 40.2 Å². The zero-order valence-corrected chi connectivity index (χ0v) is 12.4. The van der Waals surface area contributed by atoms with E-state index in [2.05, 4.69) is 27.4 Å². The second kappa shape index (κ2) is 6.40. The van der Waals surface area contributed by atoms with Gasteiger partial charge >= 0.3 is 5.97 Å². The Hall–Kier alpha value is -0.790. The van der Waals surface area contributed by atoms with Gasteiger partial charge in [0.2, 0.25) is 0 Å². The van der Waals surface area contributed by atoms with Gasteiger partial charge in [-0.05, 0) is 43.4 Å². The van der Waals surface area contributed by atoms with Crippen molar-refractivity contribution in [1.82, 2.24) is 0 Å². The lowest BCUT2D eigenvalue weighted by atomic mass is 9.69. The molecule has 0 radical (unpaired) electrons. The van der Waals surface area contributed by atoms with Crippen molar-refractivity contribution in [3.8, 4) is 0 Å². The van der Waals surface area contributed by atoms with Gasteiger partial charge in [-0.2, -0.15) is 0 Å². The smallest absolute Gasteiger partial charge is 0.333 e. The molecule has 1 fully saturated rings. The minimum Gasteiger partial charge on any atom is -0.462 e. The quantitative estimate of drug-likeness (QED) is 0.549. The number of hydrogen-bond donors (Lipinski definition) is 0. The third kappa shape index (κ3) is 4.83. The molecule has 2 nitrogen and oxygen atoms in total.